The van der Waals surface area contributed by atoms with Crippen LogP contribution in [0, 0.1) is 11.8 Å². The van der Waals surface area contributed by atoms with Crippen molar-refractivity contribution in [3.05, 3.63) is 29.8 Å². The minimum Gasteiger partial charge on any atom is -0.494 e. The summed E-state index contributed by atoms with van der Waals surface area (Å²) in [7, 11) is 0. The summed E-state index contributed by atoms with van der Waals surface area (Å²) in [6.07, 6.45) is 2.53. The van der Waals surface area contributed by atoms with E-state index >= 15 is 0 Å². The summed E-state index contributed by atoms with van der Waals surface area (Å²) >= 11 is 0. The Labute approximate surface area is 131 Å². The Morgan fingerprint density at radius 1 is 1.00 bits per heavy atom. The second-order valence-corrected chi connectivity index (χ2v) is 6.43. The molecule has 1 rings (SSSR count). The van der Waals surface area contributed by atoms with Gasteiger partial charge in [0.05, 0.1) is 6.61 Å². The van der Waals surface area contributed by atoms with Crippen LogP contribution in [0.4, 0.5) is 0 Å². The highest BCUT2D eigenvalue weighted by molar-refractivity contribution is 5.30. The minimum absolute atomic E-state index is 0.583. The first-order valence-corrected chi connectivity index (χ1v) is 8.51. The van der Waals surface area contributed by atoms with Gasteiger partial charge in [-0.05, 0) is 48.9 Å². The molecular weight excluding hydrogens is 258 g/mol. The average molecular weight is 291 g/mol. The van der Waals surface area contributed by atoms with Gasteiger partial charge in [0.1, 0.15) is 5.75 Å². The second-order valence-electron chi connectivity index (χ2n) is 6.43. The molecule has 0 aliphatic carbocycles. The molecule has 0 saturated carbocycles. The van der Waals surface area contributed by atoms with Crippen molar-refractivity contribution in [2.45, 2.75) is 53.4 Å². The van der Waals surface area contributed by atoms with Gasteiger partial charge in [0.25, 0.3) is 0 Å². The lowest BCUT2D eigenvalue weighted by Crippen LogP contribution is -2.28. The van der Waals surface area contributed by atoms with Crippen LogP contribution < -0.4 is 10.1 Å². The normalized spacial score (nSPS) is 14.2. The zero-order chi connectivity index (χ0) is 15.7. The molecule has 1 N–H and O–H groups in total. The fourth-order valence-electron chi connectivity index (χ4n) is 2.81. The van der Waals surface area contributed by atoms with Gasteiger partial charge in [-0.15, -0.1) is 0 Å². The van der Waals surface area contributed by atoms with Gasteiger partial charge in [0.15, 0.2) is 0 Å². The summed E-state index contributed by atoms with van der Waals surface area (Å²) in [5.74, 6) is 2.96. The molecule has 2 unspecified atom stereocenters. The predicted octanol–water partition coefficient (Wildman–Crippen LogP) is 4.85. The van der Waals surface area contributed by atoms with Crippen molar-refractivity contribution < 1.29 is 4.74 Å². The smallest absolute Gasteiger partial charge is 0.119 e. The van der Waals surface area contributed by atoms with Crippen molar-refractivity contribution in [2.75, 3.05) is 19.7 Å². The highest BCUT2D eigenvalue weighted by Crippen LogP contribution is 2.28. The molecule has 0 fully saturated rings. The van der Waals surface area contributed by atoms with E-state index in [0.29, 0.717) is 17.8 Å². The van der Waals surface area contributed by atoms with Gasteiger partial charge >= 0.3 is 0 Å². The molecule has 0 heterocycles. The Bertz CT molecular complexity index is 372. The van der Waals surface area contributed by atoms with E-state index in [0.717, 1.165) is 25.4 Å². The fraction of sp³-hybridized carbons (Fsp3) is 0.684. The van der Waals surface area contributed by atoms with Crippen molar-refractivity contribution in [2.24, 2.45) is 11.8 Å². The van der Waals surface area contributed by atoms with E-state index in [9.17, 15) is 0 Å². The summed E-state index contributed by atoms with van der Waals surface area (Å²) in [6, 6.07) is 8.68. The highest BCUT2D eigenvalue weighted by Gasteiger charge is 2.18. The molecule has 21 heavy (non-hydrogen) atoms. The number of rotatable bonds is 10. The number of benzene rings is 1. The van der Waals surface area contributed by atoms with Crippen LogP contribution in [0.1, 0.15) is 58.9 Å². The summed E-state index contributed by atoms with van der Waals surface area (Å²) in [5, 5.41) is 3.63. The van der Waals surface area contributed by atoms with E-state index in [1.54, 1.807) is 0 Å². The van der Waals surface area contributed by atoms with Crippen LogP contribution in [-0.2, 0) is 0 Å². The molecule has 0 saturated heterocycles. The van der Waals surface area contributed by atoms with Crippen LogP contribution >= 0.6 is 0 Å². The standard InChI is InChI=1S/C19H33NO/c1-6-8-16(5)19(14-20-13-15(3)4)17-9-11-18(12-10-17)21-7-2/h9-12,15-16,19-20H,6-8,13-14H2,1-5H3. The van der Waals surface area contributed by atoms with Crippen molar-refractivity contribution in [3.8, 4) is 5.75 Å². The molecule has 0 aliphatic rings. The van der Waals surface area contributed by atoms with Gasteiger partial charge in [0.2, 0.25) is 0 Å². The summed E-state index contributed by atoms with van der Waals surface area (Å²) in [5.41, 5.74) is 1.43. The van der Waals surface area contributed by atoms with E-state index in [-0.39, 0.29) is 0 Å². The topological polar surface area (TPSA) is 21.3 Å². The zero-order valence-electron chi connectivity index (χ0n) is 14.5. The van der Waals surface area contributed by atoms with Crippen LogP contribution in [0.15, 0.2) is 24.3 Å². The monoisotopic (exact) mass is 291 g/mol. The molecule has 0 aromatic heterocycles. The molecule has 0 amide bonds. The zero-order valence-corrected chi connectivity index (χ0v) is 14.5. The molecule has 2 heteroatoms. The lowest BCUT2D eigenvalue weighted by atomic mass is 9.84. The van der Waals surface area contributed by atoms with Crippen LogP contribution in [-0.4, -0.2) is 19.7 Å². The number of nitrogens with one attached hydrogen (secondary N) is 1. The third kappa shape index (κ3) is 6.52. The van der Waals surface area contributed by atoms with Gasteiger partial charge in [-0.25, -0.2) is 0 Å². The van der Waals surface area contributed by atoms with Gasteiger partial charge in [-0.2, -0.15) is 0 Å². The maximum absolute atomic E-state index is 5.55. The molecule has 0 spiro atoms. The van der Waals surface area contributed by atoms with Crippen LogP contribution in [0.5, 0.6) is 5.75 Å². The largest absolute Gasteiger partial charge is 0.494 e. The molecule has 1 aromatic rings. The van der Waals surface area contributed by atoms with Crippen molar-refractivity contribution >= 4 is 0 Å². The Morgan fingerprint density at radius 2 is 1.67 bits per heavy atom. The minimum atomic E-state index is 0.583. The van der Waals surface area contributed by atoms with Crippen LogP contribution in [0.2, 0.25) is 0 Å². The molecule has 0 bridgehead atoms. The van der Waals surface area contributed by atoms with Gasteiger partial charge in [0, 0.05) is 6.54 Å². The van der Waals surface area contributed by atoms with E-state index < -0.39 is 0 Å². The van der Waals surface area contributed by atoms with E-state index in [2.05, 4.69) is 57.3 Å². The Hall–Kier alpha value is -1.02. The molecule has 2 atom stereocenters. The number of ether oxygens (including phenoxy) is 1. The molecular formula is C19H33NO. The highest BCUT2D eigenvalue weighted by atomic mass is 16.5. The Kier molecular flexibility index (Phi) is 8.44. The first-order chi connectivity index (χ1) is 10.1. The molecule has 0 aliphatic heterocycles. The third-order valence-corrected chi connectivity index (χ3v) is 3.97. The summed E-state index contributed by atoms with van der Waals surface area (Å²) in [4.78, 5) is 0. The fourth-order valence-corrected chi connectivity index (χ4v) is 2.81. The van der Waals surface area contributed by atoms with Gasteiger partial charge < -0.3 is 10.1 Å². The molecule has 2 nitrogen and oxygen atoms in total. The second kappa shape index (κ2) is 9.83. The number of hydrogen-bond donors (Lipinski definition) is 1. The Balaban J connectivity index is 2.73. The quantitative estimate of drug-likeness (QED) is 0.665. The number of hydrogen-bond acceptors (Lipinski definition) is 2. The Morgan fingerprint density at radius 3 is 2.19 bits per heavy atom. The van der Waals surface area contributed by atoms with Crippen molar-refractivity contribution in [3.63, 3.8) is 0 Å². The predicted molar refractivity (Wildman–Crippen MR) is 92.1 cm³/mol. The van der Waals surface area contributed by atoms with Gasteiger partial charge in [-0.1, -0.05) is 52.7 Å². The maximum Gasteiger partial charge on any atom is 0.119 e. The lowest BCUT2D eigenvalue weighted by molar-refractivity contribution is 0.339. The maximum atomic E-state index is 5.55. The average Bonchev–Trinajstić information content (AvgIpc) is 2.45. The first kappa shape index (κ1) is 18.0. The van der Waals surface area contributed by atoms with E-state index in [1.165, 1.54) is 18.4 Å². The molecule has 0 radical (unpaired) electrons. The first-order valence-electron chi connectivity index (χ1n) is 8.51. The lowest BCUT2D eigenvalue weighted by Gasteiger charge is -2.25. The summed E-state index contributed by atoms with van der Waals surface area (Å²) in [6.45, 7) is 14.1. The van der Waals surface area contributed by atoms with Crippen molar-refractivity contribution in [1.29, 1.82) is 0 Å². The SMILES string of the molecule is CCCC(C)C(CNCC(C)C)c1ccc(OCC)cc1. The molecule has 120 valence electrons. The van der Waals surface area contributed by atoms with Crippen LogP contribution in [0.25, 0.3) is 0 Å². The van der Waals surface area contributed by atoms with Crippen molar-refractivity contribution in [1.82, 2.24) is 5.32 Å². The third-order valence-electron chi connectivity index (χ3n) is 3.97. The van der Waals surface area contributed by atoms with Gasteiger partial charge in [-0.3, -0.25) is 0 Å². The molecule has 1 aromatic carbocycles. The van der Waals surface area contributed by atoms with Crippen LogP contribution in [0.3, 0.4) is 0 Å². The summed E-state index contributed by atoms with van der Waals surface area (Å²) < 4.78 is 5.55. The van der Waals surface area contributed by atoms with E-state index in [1.807, 2.05) is 6.92 Å². The van der Waals surface area contributed by atoms with E-state index in [4.69, 9.17) is 4.74 Å².